The first-order valence-corrected chi connectivity index (χ1v) is 7.74. The quantitative estimate of drug-likeness (QED) is 0.618. The maximum absolute atomic E-state index is 12.2. The molecule has 0 saturated heterocycles. The summed E-state index contributed by atoms with van der Waals surface area (Å²) in [6.07, 6.45) is 2.15. The van der Waals surface area contributed by atoms with Gasteiger partial charge in [-0.1, -0.05) is 23.4 Å². The summed E-state index contributed by atoms with van der Waals surface area (Å²) in [4.78, 5) is 5.00. The first kappa shape index (κ1) is 12.4. The summed E-state index contributed by atoms with van der Waals surface area (Å²) in [5, 5.41) is 3.59. The van der Waals surface area contributed by atoms with Gasteiger partial charge in [-0.15, -0.1) is 11.8 Å². The molecule has 1 aliphatic rings. The van der Waals surface area contributed by atoms with Crippen molar-refractivity contribution in [3.05, 3.63) is 29.8 Å². The Morgan fingerprint density at radius 1 is 1.53 bits per heavy atom. The van der Waals surface area contributed by atoms with Gasteiger partial charge < -0.3 is 4.84 Å². The van der Waals surface area contributed by atoms with Crippen molar-refractivity contribution in [1.82, 2.24) is 0 Å². The van der Waals surface area contributed by atoms with Crippen LogP contribution in [0.2, 0.25) is 0 Å². The fourth-order valence-electron chi connectivity index (χ4n) is 1.78. The van der Waals surface area contributed by atoms with Gasteiger partial charge in [-0.3, -0.25) is 0 Å². The highest BCUT2D eigenvalue weighted by molar-refractivity contribution is 8.14. The van der Waals surface area contributed by atoms with Crippen LogP contribution in [0, 0.1) is 0 Å². The van der Waals surface area contributed by atoms with Crippen LogP contribution in [0.25, 0.3) is 0 Å². The number of rotatable bonds is 4. The fourth-order valence-corrected chi connectivity index (χ4v) is 5.17. The zero-order valence-electron chi connectivity index (χ0n) is 9.37. The Hall–Kier alpha value is -1.01. The number of oxime groups is 1. The van der Waals surface area contributed by atoms with Crippen LogP contribution in [0.3, 0.4) is 0 Å². The van der Waals surface area contributed by atoms with Gasteiger partial charge in [-0.2, -0.15) is 0 Å². The number of hydrogen-bond acceptors (Lipinski definition) is 5. The molecule has 1 aliphatic heterocycles. The zero-order valence-corrected chi connectivity index (χ0v) is 11.0. The lowest BCUT2D eigenvalue weighted by Gasteiger charge is -2.06. The van der Waals surface area contributed by atoms with Crippen LogP contribution in [0.1, 0.15) is 5.56 Å². The minimum atomic E-state index is -3.17. The van der Waals surface area contributed by atoms with E-state index in [9.17, 15) is 8.42 Å². The average Bonchev–Trinajstić information content (AvgIpc) is 2.58. The highest BCUT2D eigenvalue weighted by Crippen LogP contribution is 2.36. The topological polar surface area (TPSA) is 55.7 Å². The summed E-state index contributed by atoms with van der Waals surface area (Å²) in [6, 6.07) is 7.18. The lowest BCUT2D eigenvalue weighted by atomic mass is 10.2. The SMILES string of the molecule is CON=CCSC1Cc2ccccc2S1(=O)=O. The molecule has 17 heavy (non-hydrogen) atoms. The molecule has 0 aromatic heterocycles. The third-order valence-electron chi connectivity index (χ3n) is 2.55. The van der Waals surface area contributed by atoms with E-state index in [1.165, 1.54) is 18.9 Å². The first-order chi connectivity index (χ1) is 8.16. The molecule has 4 nitrogen and oxygen atoms in total. The van der Waals surface area contributed by atoms with Crippen molar-refractivity contribution in [2.24, 2.45) is 5.16 Å². The van der Waals surface area contributed by atoms with E-state index >= 15 is 0 Å². The number of sulfone groups is 1. The van der Waals surface area contributed by atoms with Crippen LogP contribution in [-0.2, 0) is 21.1 Å². The maximum atomic E-state index is 12.2. The van der Waals surface area contributed by atoms with Gasteiger partial charge in [0.2, 0.25) is 0 Å². The normalized spacial score (nSPS) is 21.6. The number of thioether (sulfide) groups is 1. The average molecular weight is 271 g/mol. The van der Waals surface area contributed by atoms with Crippen molar-refractivity contribution < 1.29 is 13.3 Å². The molecule has 0 spiro atoms. The second kappa shape index (κ2) is 5.10. The molecule has 1 heterocycles. The molecular formula is C11H13NO3S2. The van der Waals surface area contributed by atoms with Gasteiger partial charge in [0.25, 0.3) is 0 Å². The number of nitrogens with zero attached hydrogens (tertiary/aromatic N) is 1. The second-order valence-electron chi connectivity index (χ2n) is 3.59. The molecule has 1 aromatic carbocycles. The third kappa shape index (κ3) is 2.47. The van der Waals surface area contributed by atoms with E-state index in [-0.39, 0.29) is 0 Å². The van der Waals surface area contributed by atoms with Crippen molar-refractivity contribution >= 4 is 27.8 Å². The van der Waals surface area contributed by atoms with Gasteiger partial charge in [0, 0.05) is 12.2 Å². The summed E-state index contributed by atoms with van der Waals surface area (Å²) >= 11 is 1.37. The molecule has 0 fully saturated rings. The van der Waals surface area contributed by atoms with Crippen molar-refractivity contribution in [1.29, 1.82) is 0 Å². The second-order valence-corrected chi connectivity index (χ2v) is 7.22. The number of hydrogen-bond donors (Lipinski definition) is 0. The predicted molar refractivity (Wildman–Crippen MR) is 69.1 cm³/mol. The lowest BCUT2D eigenvalue weighted by Crippen LogP contribution is -2.13. The van der Waals surface area contributed by atoms with Crippen molar-refractivity contribution in [3.8, 4) is 0 Å². The van der Waals surface area contributed by atoms with E-state index in [0.717, 1.165) is 5.56 Å². The van der Waals surface area contributed by atoms with E-state index in [0.29, 0.717) is 17.1 Å². The Labute approximate surface area is 105 Å². The van der Waals surface area contributed by atoms with Crippen molar-refractivity contribution in [3.63, 3.8) is 0 Å². The van der Waals surface area contributed by atoms with E-state index in [1.54, 1.807) is 18.3 Å². The number of fused-ring (bicyclic) bond motifs is 1. The third-order valence-corrected chi connectivity index (χ3v) is 6.47. The van der Waals surface area contributed by atoms with E-state index in [1.807, 2.05) is 12.1 Å². The summed E-state index contributed by atoms with van der Waals surface area (Å²) < 4.78 is 23.9. The molecule has 0 amide bonds. The highest BCUT2D eigenvalue weighted by atomic mass is 32.3. The Morgan fingerprint density at radius 2 is 2.29 bits per heavy atom. The summed E-state index contributed by atoms with van der Waals surface area (Å²) in [5.41, 5.74) is 0.911. The van der Waals surface area contributed by atoms with E-state index in [4.69, 9.17) is 0 Å². The van der Waals surface area contributed by atoms with Gasteiger partial charge >= 0.3 is 0 Å². The minimum Gasteiger partial charge on any atom is -0.399 e. The van der Waals surface area contributed by atoms with Crippen molar-refractivity contribution in [2.45, 2.75) is 15.9 Å². The van der Waals surface area contributed by atoms with Gasteiger partial charge in [-0.25, -0.2) is 8.42 Å². The Balaban J connectivity index is 2.12. The molecule has 92 valence electrons. The van der Waals surface area contributed by atoms with Gasteiger partial charge in [0.1, 0.15) is 11.7 Å². The summed E-state index contributed by atoms with van der Waals surface area (Å²) in [7, 11) is -1.71. The molecule has 1 aromatic rings. The fraction of sp³-hybridized carbons (Fsp3) is 0.364. The summed E-state index contributed by atoms with van der Waals surface area (Å²) in [5.74, 6) is 0.533. The molecule has 0 radical (unpaired) electrons. The van der Waals surface area contributed by atoms with Crippen LogP contribution in [0.4, 0.5) is 0 Å². The smallest absolute Gasteiger partial charge is 0.191 e. The molecule has 0 saturated carbocycles. The van der Waals surface area contributed by atoms with Crippen LogP contribution in [0.5, 0.6) is 0 Å². The molecule has 0 bridgehead atoms. The van der Waals surface area contributed by atoms with Gasteiger partial charge in [0.15, 0.2) is 9.84 Å². The zero-order chi connectivity index (χ0) is 12.3. The van der Waals surface area contributed by atoms with E-state index < -0.39 is 14.4 Å². The number of benzene rings is 1. The van der Waals surface area contributed by atoms with Crippen LogP contribution in [-0.4, -0.2) is 32.1 Å². The summed E-state index contributed by atoms with van der Waals surface area (Å²) in [6.45, 7) is 0. The monoisotopic (exact) mass is 271 g/mol. The van der Waals surface area contributed by atoms with Crippen LogP contribution < -0.4 is 0 Å². The molecular weight excluding hydrogens is 258 g/mol. The lowest BCUT2D eigenvalue weighted by molar-refractivity contribution is 0.215. The Bertz CT molecular complexity index is 525. The van der Waals surface area contributed by atoms with E-state index in [2.05, 4.69) is 9.99 Å². The van der Waals surface area contributed by atoms with Crippen LogP contribution in [0.15, 0.2) is 34.3 Å². The Kier molecular flexibility index (Phi) is 3.73. The molecule has 1 unspecified atom stereocenters. The molecule has 0 N–H and O–H groups in total. The van der Waals surface area contributed by atoms with Gasteiger partial charge in [0.05, 0.1) is 11.1 Å². The predicted octanol–water partition coefficient (Wildman–Crippen LogP) is 1.71. The molecule has 1 atom stereocenters. The first-order valence-electron chi connectivity index (χ1n) is 5.14. The molecule has 6 heteroatoms. The molecule has 0 aliphatic carbocycles. The Morgan fingerprint density at radius 3 is 3.00 bits per heavy atom. The minimum absolute atomic E-state index is 0.400. The maximum Gasteiger partial charge on any atom is 0.191 e. The van der Waals surface area contributed by atoms with Gasteiger partial charge in [-0.05, 0) is 11.6 Å². The van der Waals surface area contributed by atoms with Crippen LogP contribution >= 0.6 is 11.8 Å². The largest absolute Gasteiger partial charge is 0.399 e. The van der Waals surface area contributed by atoms with Crippen molar-refractivity contribution in [2.75, 3.05) is 12.9 Å². The standard InChI is InChI=1S/C11H13NO3S2/c1-15-12-6-7-16-11-8-9-4-2-3-5-10(9)17(11,13)14/h2-6,11H,7-8H2,1H3. The molecule has 2 rings (SSSR count). The highest BCUT2D eigenvalue weighted by Gasteiger charge is 2.36.